The number of likely N-dealkylation sites (N-methyl/N-ethyl adjacent to an activating group) is 1. The zero-order chi connectivity index (χ0) is 13.8. The first kappa shape index (κ1) is 15.0. The number of benzene rings is 1. The van der Waals surface area contributed by atoms with Crippen molar-refractivity contribution in [2.24, 2.45) is 11.8 Å². The van der Waals surface area contributed by atoms with Crippen LogP contribution in [0.5, 0.6) is 0 Å². The van der Waals surface area contributed by atoms with E-state index in [0.29, 0.717) is 12.0 Å². The molecule has 1 aromatic rings. The second-order valence-electron chi connectivity index (χ2n) is 5.85. The van der Waals surface area contributed by atoms with E-state index < -0.39 is 0 Å². The summed E-state index contributed by atoms with van der Waals surface area (Å²) in [5.74, 6) is 1.45. The highest BCUT2D eigenvalue weighted by Crippen LogP contribution is 2.32. The van der Waals surface area contributed by atoms with Gasteiger partial charge in [-0.2, -0.15) is 0 Å². The van der Waals surface area contributed by atoms with Crippen LogP contribution in [-0.4, -0.2) is 13.1 Å². The van der Waals surface area contributed by atoms with Gasteiger partial charge in [0.1, 0.15) is 5.82 Å². The molecule has 1 atom stereocenters. The molecule has 0 spiro atoms. The van der Waals surface area contributed by atoms with Crippen molar-refractivity contribution in [1.82, 2.24) is 5.32 Å². The van der Waals surface area contributed by atoms with Crippen LogP contribution >= 0.6 is 15.9 Å². The van der Waals surface area contributed by atoms with E-state index in [1.165, 1.54) is 25.7 Å². The van der Waals surface area contributed by atoms with Gasteiger partial charge in [-0.15, -0.1) is 0 Å². The van der Waals surface area contributed by atoms with Gasteiger partial charge in [0.25, 0.3) is 0 Å². The molecule has 0 aliphatic heterocycles. The van der Waals surface area contributed by atoms with E-state index in [1.807, 2.05) is 13.1 Å². The number of nitrogens with one attached hydrogen (secondary N) is 1. The van der Waals surface area contributed by atoms with E-state index in [1.54, 1.807) is 12.1 Å². The third kappa shape index (κ3) is 4.03. The van der Waals surface area contributed by atoms with Crippen LogP contribution in [0.25, 0.3) is 0 Å². The maximum Gasteiger partial charge on any atom is 0.126 e. The largest absolute Gasteiger partial charge is 0.316 e. The molecule has 106 valence electrons. The van der Waals surface area contributed by atoms with Gasteiger partial charge in [0.2, 0.25) is 0 Å². The summed E-state index contributed by atoms with van der Waals surface area (Å²) in [7, 11) is 2.00. The van der Waals surface area contributed by atoms with Gasteiger partial charge >= 0.3 is 0 Å². The van der Waals surface area contributed by atoms with Crippen molar-refractivity contribution in [2.75, 3.05) is 7.05 Å². The maximum atomic E-state index is 13.8. The molecule has 0 heterocycles. The minimum atomic E-state index is -0.0902. The number of hydrogen-bond acceptors (Lipinski definition) is 1. The number of rotatable bonds is 4. The van der Waals surface area contributed by atoms with Crippen LogP contribution in [0.15, 0.2) is 22.7 Å². The first-order chi connectivity index (χ1) is 9.10. The molecule has 1 aliphatic carbocycles. The Morgan fingerprint density at radius 2 is 2.00 bits per heavy atom. The second kappa shape index (κ2) is 6.85. The number of halogens is 2. The molecule has 0 radical (unpaired) electrons. The van der Waals surface area contributed by atoms with E-state index in [0.717, 1.165) is 22.4 Å². The first-order valence-electron chi connectivity index (χ1n) is 7.21. The summed E-state index contributed by atoms with van der Waals surface area (Å²) >= 11 is 3.42. The highest BCUT2D eigenvalue weighted by molar-refractivity contribution is 9.10. The van der Waals surface area contributed by atoms with E-state index in [2.05, 4.69) is 28.2 Å². The van der Waals surface area contributed by atoms with Gasteiger partial charge in [-0.1, -0.05) is 35.7 Å². The molecule has 1 fully saturated rings. The molecule has 0 bridgehead atoms. The van der Waals surface area contributed by atoms with Crippen LogP contribution in [0.3, 0.4) is 0 Å². The predicted molar refractivity (Wildman–Crippen MR) is 81.8 cm³/mol. The van der Waals surface area contributed by atoms with Crippen molar-refractivity contribution in [3.05, 3.63) is 34.1 Å². The van der Waals surface area contributed by atoms with Crippen LogP contribution < -0.4 is 5.32 Å². The van der Waals surface area contributed by atoms with Crippen LogP contribution in [0.2, 0.25) is 0 Å². The SMILES string of the molecule is CNC(Cc1cc(Br)ccc1F)C1CCC(C)CC1. The molecule has 0 amide bonds. The first-order valence-corrected chi connectivity index (χ1v) is 8.00. The van der Waals surface area contributed by atoms with Crippen LogP contribution in [-0.2, 0) is 6.42 Å². The molecule has 1 N–H and O–H groups in total. The van der Waals surface area contributed by atoms with Crippen LogP contribution in [0, 0.1) is 17.7 Å². The summed E-state index contributed by atoms with van der Waals surface area (Å²) in [5, 5.41) is 3.40. The summed E-state index contributed by atoms with van der Waals surface area (Å²) < 4.78 is 14.8. The van der Waals surface area contributed by atoms with Crippen molar-refractivity contribution < 1.29 is 4.39 Å². The molecule has 1 nitrogen and oxygen atoms in total. The quantitative estimate of drug-likeness (QED) is 0.855. The fourth-order valence-corrected chi connectivity index (χ4v) is 3.54. The Balaban J connectivity index is 2.04. The standard InChI is InChI=1S/C16H23BrFN/c1-11-3-5-12(6-4-11)16(19-2)10-13-9-14(17)7-8-15(13)18/h7-9,11-12,16,19H,3-6,10H2,1-2H3. The highest BCUT2D eigenvalue weighted by atomic mass is 79.9. The van der Waals surface area contributed by atoms with Crippen molar-refractivity contribution in [1.29, 1.82) is 0 Å². The molecule has 1 aromatic carbocycles. The van der Waals surface area contributed by atoms with Gasteiger partial charge in [0.05, 0.1) is 0 Å². The van der Waals surface area contributed by atoms with Crippen LogP contribution in [0.1, 0.15) is 38.2 Å². The third-order valence-corrected chi connectivity index (χ3v) is 4.94. The normalized spacial score (nSPS) is 25.3. The summed E-state index contributed by atoms with van der Waals surface area (Å²) in [6, 6.07) is 5.60. The molecule has 19 heavy (non-hydrogen) atoms. The average Bonchev–Trinajstić information content (AvgIpc) is 2.41. The fraction of sp³-hybridized carbons (Fsp3) is 0.625. The molecule has 2 rings (SSSR count). The molecule has 1 saturated carbocycles. The lowest BCUT2D eigenvalue weighted by Crippen LogP contribution is -2.37. The van der Waals surface area contributed by atoms with Gasteiger partial charge in [-0.05, 0) is 61.9 Å². The Morgan fingerprint density at radius 1 is 1.32 bits per heavy atom. The van der Waals surface area contributed by atoms with Gasteiger partial charge in [0, 0.05) is 10.5 Å². The second-order valence-corrected chi connectivity index (χ2v) is 6.77. The Bertz CT molecular complexity index is 413. The summed E-state index contributed by atoms with van der Waals surface area (Å²) in [4.78, 5) is 0. The molecule has 1 aliphatic rings. The molecular formula is C16H23BrFN. The minimum Gasteiger partial charge on any atom is -0.316 e. The lowest BCUT2D eigenvalue weighted by molar-refractivity contribution is 0.234. The van der Waals surface area contributed by atoms with E-state index in [-0.39, 0.29) is 5.82 Å². The summed E-state index contributed by atoms with van der Waals surface area (Å²) in [6.07, 6.45) is 5.93. The summed E-state index contributed by atoms with van der Waals surface area (Å²) in [6.45, 7) is 2.33. The van der Waals surface area contributed by atoms with Crippen molar-refractivity contribution in [3.63, 3.8) is 0 Å². The Labute approximate surface area is 124 Å². The molecule has 0 aromatic heterocycles. The molecule has 1 unspecified atom stereocenters. The van der Waals surface area contributed by atoms with Crippen LogP contribution in [0.4, 0.5) is 4.39 Å². The summed E-state index contributed by atoms with van der Waals surface area (Å²) in [5.41, 5.74) is 0.812. The van der Waals surface area contributed by atoms with E-state index in [4.69, 9.17) is 0 Å². The van der Waals surface area contributed by atoms with E-state index >= 15 is 0 Å². The minimum absolute atomic E-state index is 0.0902. The van der Waals surface area contributed by atoms with Gasteiger partial charge < -0.3 is 5.32 Å². The Morgan fingerprint density at radius 3 is 2.63 bits per heavy atom. The topological polar surface area (TPSA) is 12.0 Å². The maximum absolute atomic E-state index is 13.8. The van der Waals surface area contributed by atoms with Crippen molar-refractivity contribution in [3.8, 4) is 0 Å². The smallest absolute Gasteiger partial charge is 0.126 e. The fourth-order valence-electron chi connectivity index (χ4n) is 3.13. The molecular weight excluding hydrogens is 305 g/mol. The van der Waals surface area contributed by atoms with Gasteiger partial charge in [0.15, 0.2) is 0 Å². The van der Waals surface area contributed by atoms with Crippen molar-refractivity contribution in [2.45, 2.75) is 45.1 Å². The Kier molecular flexibility index (Phi) is 5.40. The number of hydrogen-bond donors (Lipinski definition) is 1. The average molecular weight is 328 g/mol. The molecule has 0 saturated heterocycles. The zero-order valence-electron chi connectivity index (χ0n) is 11.8. The highest BCUT2D eigenvalue weighted by Gasteiger charge is 2.25. The monoisotopic (exact) mass is 327 g/mol. The Hall–Kier alpha value is -0.410. The van der Waals surface area contributed by atoms with Gasteiger partial charge in [-0.3, -0.25) is 0 Å². The third-order valence-electron chi connectivity index (χ3n) is 4.45. The van der Waals surface area contributed by atoms with Crippen molar-refractivity contribution >= 4 is 15.9 Å². The lowest BCUT2D eigenvalue weighted by Gasteiger charge is -2.32. The zero-order valence-corrected chi connectivity index (χ0v) is 13.3. The predicted octanol–water partition coefficient (Wildman–Crippen LogP) is 4.55. The molecule has 3 heteroatoms. The lowest BCUT2D eigenvalue weighted by atomic mass is 9.78. The van der Waals surface area contributed by atoms with E-state index in [9.17, 15) is 4.39 Å². The van der Waals surface area contributed by atoms with Gasteiger partial charge in [-0.25, -0.2) is 4.39 Å².